The highest BCUT2D eigenvalue weighted by Gasteiger charge is 2.32. The van der Waals surface area contributed by atoms with Crippen LogP contribution in [0, 0.1) is 0 Å². The summed E-state index contributed by atoms with van der Waals surface area (Å²) < 4.78 is 0. The van der Waals surface area contributed by atoms with Crippen molar-refractivity contribution in [3.05, 3.63) is 59.7 Å². The fourth-order valence-corrected chi connectivity index (χ4v) is 6.62. The van der Waals surface area contributed by atoms with Gasteiger partial charge in [-0.25, -0.2) is 0 Å². The zero-order chi connectivity index (χ0) is 21.1. The van der Waals surface area contributed by atoms with Crippen molar-refractivity contribution < 1.29 is 9.59 Å². The van der Waals surface area contributed by atoms with Gasteiger partial charge < -0.3 is 9.80 Å². The summed E-state index contributed by atoms with van der Waals surface area (Å²) >= 11 is 3.54. The quantitative estimate of drug-likeness (QED) is 0.596. The van der Waals surface area contributed by atoms with Crippen LogP contribution in [0.4, 0.5) is 0 Å². The van der Waals surface area contributed by atoms with E-state index in [1.54, 1.807) is 23.5 Å². The standard InChI is InChI=1S/C24H28N2O2S2/c1-25(23(27)19-15-29-21-11-5-3-9-17(19)21)13-7-8-14-26(2)24(28)20-16-30-22-12-6-4-10-18(20)22/h3-6,9-12,19-20H,7-8,13-16H2,1-2H3. The van der Waals surface area contributed by atoms with Gasteiger partial charge in [-0.3, -0.25) is 9.59 Å². The first-order valence-electron chi connectivity index (χ1n) is 10.5. The smallest absolute Gasteiger partial charge is 0.230 e. The molecule has 2 unspecified atom stereocenters. The summed E-state index contributed by atoms with van der Waals surface area (Å²) in [5.41, 5.74) is 2.33. The topological polar surface area (TPSA) is 40.6 Å². The number of nitrogens with zero attached hydrogens (tertiary/aromatic N) is 2. The molecule has 4 rings (SSSR count). The van der Waals surface area contributed by atoms with Crippen molar-refractivity contribution in [2.75, 3.05) is 38.7 Å². The van der Waals surface area contributed by atoms with Crippen molar-refractivity contribution in [1.82, 2.24) is 9.80 Å². The SMILES string of the molecule is CN(CCCCN(C)C(=O)C1CSc2ccccc21)C(=O)C1CSc2ccccc21. The Balaban J connectivity index is 1.22. The molecule has 2 aliphatic heterocycles. The van der Waals surface area contributed by atoms with Crippen molar-refractivity contribution >= 4 is 35.3 Å². The maximum absolute atomic E-state index is 12.9. The molecule has 0 fully saturated rings. The molecule has 0 bridgehead atoms. The van der Waals surface area contributed by atoms with E-state index in [4.69, 9.17) is 0 Å². The summed E-state index contributed by atoms with van der Waals surface area (Å²) in [6.07, 6.45) is 1.80. The average molecular weight is 441 g/mol. The second-order valence-electron chi connectivity index (χ2n) is 8.03. The van der Waals surface area contributed by atoms with E-state index in [1.807, 2.05) is 48.2 Å². The Morgan fingerprint density at radius 2 is 1.17 bits per heavy atom. The molecule has 2 amide bonds. The van der Waals surface area contributed by atoms with Crippen LogP contribution in [0.15, 0.2) is 58.3 Å². The van der Waals surface area contributed by atoms with Gasteiger partial charge in [0.1, 0.15) is 0 Å². The van der Waals surface area contributed by atoms with E-state index in [1.165, 1.54) is 20.9 Å². The molecule has 0 saturated heterocycles. The second-order valence-corrected chi connectivity index (χ2v) is 10.2. The average Bonchev–Trinajstić information content (AvgIpc) is 3.39. The van der Waals surface area contributed by atoms with E-state index in [9.17, 15) is 9.59 Å². The van der Waals surface area contributed by atoms with Crippen molar-refractivity contribution in [2.24, 2.45) is 0 Å². The molecule has 6 heteroatoms. The van der Waals surface area contributed by atoms with E-state index < -0.39 is 0 Å². The first-order valence-corrected chi connectivity index (χ1v) is 12.5. The van der Waals surface area contributed by atoms with Gasteiger partial charge in [-0.2, -0.15) is 0 Å². The van der Waals surface area contributed by atoms with Crippen LogP contribution in [-0.4, -0.2) is 60.3 Å². The normalized spacial score (nSPS) is 19.3. The largest absolute Gasteiger partial charge is 0.345 e. The molecular weight excluding hydrogens is 412 g/mol. The number of likely N-dealkylation sites (N-methyl/N-ethyl adjacent to an activating group) is 2. The van der Waals surface area contributed by atoms with Crippen molar-refractivity contribution in [1.29, 1.82) is 0 Å². The molecule has 2 heterocycles. The summed E-state index contributed by atoms with van der Waals surface area (Å²) in [7, 11) is 3.80. The molecule has 4 nitrogen and oxygen atoms in total. The third kappa shape index (κ3) is 4.40. The zero-order valence-electron chi connectivity index (χ0n) is 17.5. The van der Waals surface area contributed by atoms with Gasteiger partial charge in [0.05, 0.1) is 11.8 Å². The van der Waals surface area contributed by atoms with Gasteiger partial charge in [0.2, 0.25) is 11.8 Å². The summed E-state index contributed by atoms with van der Waals surface area (Å²) in [6, 6.07) is 16.4. The van der Waals surface area contributed by atoms with E-state index >= 15 is 0 Å². The molecule has 158 valence electrons. The third-order valence-electron chi connectivity index (χ3n) is 5.99. The van der Waals surface area contributed by atoms with E-state index in [-0.39, 0.29) is 23.7 Å². The molecular formula is C24H28N2O2S2. The number of unbranched alkanes of at least 4 members (excludes halogenated alkanes) is 1. The number of thioether (sulfide) groups is 2. The molecule has 30 heavy (non-hydrogen) atoms. The predicted octanol–water partition coefficient (Wildman–Crippen LogP) is 4.46. The third-order valence-corrected chi connectivity index (χ3v) is 8.35. The van der Waals surface area contributed by atoms with Gasteiger partial charge in [-0.05, 0) is 36.1 Å². The molecule has 0 N–H and O–H groups in total. The fraction of sp³-hybridized carbons (Fsp3) is 0.417. The lowest BCUT2D eigenvalue weighted by Crippen LogP contribution is -2.34. The number of carbonyl (C=O) groups is 2. The molecule has 2 aliphatic rings. The van der Waals surface area contributed by atoms with Crippen LogP contribution in [0.5, 0.6) is 0 Å². The minimum atomic E-state index is -0.0274. The van der Waals surface area contributed by atoms with Gasteiger partial charge >= 0.3 is 0 Å². The Kier molecular flexibility index (Phi) is 6.74. The van der Waals surface area contributed by atoms with Gasteiger partial charge in [0.25, 0.3) is 0 Å². The van der Waals surface area contributed by atoms with Crippen molar-refractivity contribution in [2.45, 2.75) is 34.5 Å². The van der Waals surface area contributed by atoms with Crippen molar-refractivity contribution in [3.8, 4) is 0 Å². The number of rotatable bonds is 7. The van der Waals surface area contributed by atoms with Crippen LogP contribution in [0.25, 0.3) is 0 Å². The first kappa shape index (κ1) is 21.3. The molecule has 0 radical (unpaired) electrons. The number of hydrogen-bond donors (Lipinski definition) is 0. The molecule has 2 aromatic rings. The van der Waals surface area contributed by atoms with Gasteiger partial charge in [-0.1, -0.05) is 36.4 Å². The highest BCUT2D eigenvalue weighted by Crippen LogP contribution is 2.41. The second kappa shape index (κ2) is 9.48. The minimum Gasteiger partial charge on any atom is -0.345 e. The van der Waals surface area contributed by atoms with Gasteiger partial charge in [0.15, 0.2) is 0 Å². The molecule has 2 aromatic carbocycles. The van der Waals surface area contributed by atoms with Crippen LogP contribution in [0.3, 0.4) is 0 Å². The molecule has 0 spiro atoms. The summed E-state index contributed by atoms with van der Waals surface area (Å²) in [5.74, 6) is 2.02. The molecule has 0 aliphatic carbocycles. The predicted molar refractivity (Wildman–Crippen MR) is 124 cm³/mol. The zero-order valence-corrected chi connectivity index (χ0v) is 19.2. The number of benzene rings is 2. The van der Waals surface area contributed by atoms with Crippen LogP contribution >= 0.6 is 23.5 Å². The lowest BCUT2D eigenvalue weighted by Gasteiger charge is -2.23. The maximum atomic E-state index is 12.9. The number of carbonyl (C=O) groups excluding carboxylic acids is 2. The van der Waals surface area contributed by atoms with Gasteiger partial charge in [-0.15, -0.1) is 23.5 Å². The lowest BCUT2D eigenvalue weighted by molar-refractivity contribution is -0.132. The van der Waals surface area contributed by atoms with E-state index in [0.29, 0.717) is 0 Å². The first-order chi connectivity index (χ1) is 14.6. The Hall–Kier alpha value is -1.92. The monoisotopic (exact) mass is 440 g/mol. The van der Waals surface area contributed by atoms with Crippen LogP contribution in [-0.2, 0) is 9.59 Å². The lowest BCUT2D eigenvalue weighted by atomic mass is 9.99. The minimum absolute atomic E-state index is 0.0274. The highest BCUT2D eigenvalue weighted by molar-refractivity contribution is 8.00. The Morgan fingerprint density at radius 1 is 0.767 bits per heavy atom. The maximum Gasteiger partial charge on any atom is 0.230 e. The Morgan fingerprint density at radius 3 is 1.60 bits per heavy atom. The summed E-state index contributed by atoms with van der Waals surface area (Å²) in [4.78, 5) is 31.9. The van der Waals surface area contributed by atoms with E-state index in [0.717, 1.165) is 37.4 Å². The van der Waals surface area contributed by atoms with E-state index in [2.05, 4.69) is 24.3 Å². The summed E-state index contributed by atoms with van der Waals surface area (Å²) in [6.45, 7) is 1.46. The molecule has 0 aromatic heterocycles. The van der Waals surface area contributed by atoms with Crippen LogP contribution in [0.2, 0.25) is 0 Å². The van der Waals surface area contributed by atoms with Crippen LogP contribution < -0.4 is 0 Å². The number of amides is 2. The number of hydrogen-bond acceptors (Lipinski definition) is 4. The Bertz CT molecular complexity index is 857. The summed E-state index contributed by atoms with van der Waals surface area (Å²) in [5, 5.41) is 0. The highest BCUT2D eigenvalue weighted by atomic mass is 32.2. The van der Waals surface area contributed by atoms with Gasteiger partial charge in [0, 0.05) is 48.5 Å². The van der Waals surface area contributed by atoms with Crippen molar-refractivity contribution in [3.63, 3.8) is 0 Å². The number of fused-ring (bicyclic) bond motifs is 2. The molecule has 0 saturated carbocycles. The van der Waals surface area contributed by atoms with Crippen LogP contribution in [0.1, 0.15) is 35.8 Å². The fourth-order valence-electron chi connectivity index (χ4n) is 4.18. The molecule has 2 atom stereocenters. The Labute approximate surface area is 187 Å².